The lowest BCUT2D eigenvalue weighted by Gasteiger charge is -2.20. The van der Waals surface area contributed by atoms with Gasteiger partial charge in [-0.3, -0.25) is 14.4 Å². The summed E-state index contributed by atoms with van der Waals surface area (Å²) in [6.45, 7) is 7.16. The number of rotatable bonds is 8. The molecule has 1 aromatic carbocycles. The molecule has 1 aromatic rings. The maximum atomic E-state index is 12.5. The van der Waals surface area contributed by atoms with Crippen LogP contribution in [0.2, 0.25) is 0 Å². The van der Waals surface area contributed by atoms with E-state index in [0.29, 0.717) is 17.8 Å². The first-order valence-electron chi connectivity index (χ1n) is 8.20. The number of carbonyl (C=O) groups is 3. The van der Waals surface area contributed by atoms with Gasteiger partial charge in [0, 0.05) is 25.4 Å². The number of hydrogen-bond acceptors (Lipinski definition) is 4. The van der Waals surface area contributed by atoms with E-state index < -0.39 is 6.04 Å². The van der Waals surface area contributed by atoms with Crippen LogP contribution in [-0.2, 0) is 19.1 Å². The lowest BCUT2D eigenvalue weighted by Crippen LogP contribution is -2.43. The van der Waals surface area contributed by atoms with Gasteiger partial charge in [0.15, 0.2) is 0 Å². The zero-order valence-corrected chi connectivity index (χ0v) is 15.4. The summed E-state index contributed by atoms with van der Waals surface area (Å²) in [7, 11) is 1.44. The predicted molar refractivity (Wildman–Crippen MR) is 97.4 cm³/mol. The third-order valence-corrected chi connectivity index (χ3v) is 3.46. The number of amides is 3. The van der Waals surface area contributed by atoms with Crippen LogP contribution in [0.1, 0.15) is 32.8 Å². The van der Waals surface area contributed by atoms with E-state index in [0.717, 1.165) is 5.56 Å². The van der Waals surface area contributed by atoms with E-state index in [2.05, 4.69) is 16.0 Å². The maximum Gasteiger partial charge on any atom is 0.250 e. The Hall–Kier alpha value is -2.41. The normalized spacial score (nSPS) is 11.8. The fourth-order valence-corrected chi connectivity index (χ4v) is 2.33. The minimum atomic E-state index is -0.608. The number of aryl methyl sites for hydroxylation is 1. The smallest absolute Gasteiger partial charge is 0.250 e. The molecule has 0 aromatic heterocycles. The van der Waals surface area contributed by atoms with Gasteiger partial charge in [-0.15, -0.1) is 0 Å². The van der Waals surface area contributed by atoms with E-state index in [-0.39, 0.29) is 30.2 Å². The molecule has 0 aliphatic carbocycles. The lowest BCUT2D eigenvalue weighted by molar-refractivity contribution is -0.125. The van der Waals surface area contributed by atoms with Crippen molar-refractivity contribution < 1.29 is 19.1 Å². The van der Waals surface area contributed by atoms with Crippen molar-refractivity contribution >= 4 is 29.1 Å². The number of hydrogen-bond donors (Lipinski definition) is 3. The zero-order chi connectivity index (χ0) is 19.0. The van der Waals surface area contributed by atoms with Gasteiger partial charge in [0.2, 0.25) is 17.7 Å². The van der Waals surface area contributed by atoms with E-state index >= 15 is 0 Å². The molecule has 25 heavy (non-hydrogen) atoms. The highest BCUT2D eigenvalue weighted by atomic mass is 16.5. The first-order chi connectivity index (χ1) is 11.7. The van der Waals surface area contributed by atoms with Gasteiger partial charge in [-0.1, -0.05) is 19.9 Å². The Morgan fingerprint density at radius 3 is 2.40 bits per heavy atom. The van der Waals surface area contributed by atoms with Crippen molar-refractivity contribution in [3.63, 3.8) is 0 Å². The molecule has 0 aliphatic rings. The summed E-state index contributed by atoms with van der Waals surface area (Å²) >= 11 is 0. The highest BCUT2D eigenvalue weighted by molar-refractivity contribution is 5.98. The first-order valence-corrected chi connectivity index (χ1v) is 8.20. The highest BCUT2D eigenvalue weighted by Gasteiger charge is 2.21. The number of ether oxygens (including phenoxy) is 1. The van der Waals surface area contributed by atoms with Gasteiger partial charge < -0.3 is 20.7 Å². The molecule has 0 saturated carbocycles. The second kappa shape index (κ2) is 9.78. The van der Waals surface area contributed by atoms with Crippen molar-refractivity contribution in [2.24, 2.45) is 5.92 Å². The Morgan fingerprint density at radius 1 is 1.16 bits per heavy atom. The fourth-order valence-electron chi connectivity index (χ4n) is 2.33. The second-order valence-electron chi connectivity index (χ2n) is 6.38. The predicted octanol–water partition coefficient (Wildman–Crippen LogP) is 2.07. The fraction of sp³-hybridized carbons (Fsp3) is 0.500. The van der Waals surface area contributed by atoms with Gasteiger partial charge in [-0.2, -0.15) is 0 Å². The highest BCUT2D eigenvalue weighted by Crippen LogP contribution is 2.21. The molecular weight excluding hydrogens is 322 g/mol. The van der Waals surface area contributed by atoms with Crippen LogP contribution in [0.4, 0.5) is 11.4 Å². The number of nitrogens with one attached hydrogen (secondary N) is 3. The average molecular weight is 349 g/mol. The molecular formula is C18H27N3O4. The molecule has 3 N–H and O–H groups in total. The van der Waals surface area contributed by atoms with Gasteiger partial charge in [-0.05, 0) is 37.0 Å². The Morgan fingerprint density at radius 2 is 1.84 bits per heavy atom. The monoisotopic (exact) mass is 349 g/mol. The molecule has 0 fully saturated rings. The zero-order valence-electron chi connectivity index (χ0n) is 15.4. The van der Waals surface area contributed by atoms with E-state index in [9.17, 15) is 14.4 Å². The Bertz CT molecular complexity index is 629. The molecule has 0 spiro atoms. The molecule has 1 atom stereocenters. The minimum absolute atomic E-state index is 0.0471. The summed E-state index contributed by atoms with van der Waals surface area (Å²) in [6, 6.07) is 4.62. The van der Waals surface area contributed by atoms with Crippen molar-refractivity contribution in [3.8, 4) is 0 Å². The Labute approximate surface area is 148 Å². The van der Waals surface area contributed by atoms with Crippen LogP contribution in [0.3, 0.4) is 0 Å². The van der Waals surface area contributed by atoms with Crippen molar-refractivity contribution in [1.29, 1.82) is 0 Å². The number of carbonyl (C=O) groups excluding carboxylic acids is 3. The molecule has 0 unspecified atom stereocenters. The summed E-state index contributed by atoms with van der Waals surface area (Å²) in [5.41, 5.74) is 1.99. The Kier molecular flexibility index (Phi) is 8.07. The van der Waals surface area contributed by atoms with E-state index in [1.165, 1.54) is 14.0 Å². The molecule has 0 aliphatic heterocycles. The van der Waals surface area contributed by atoms with Crippen LogP contribution in [0, 0.1) is 12.8 Å². The topological polar surface area (TPSA) is 96.5 Å². The molecule has 0 bridgehead atoms. The number of benzene rings is 1. The molecule has 0 heterocycles. The third-order valence-electron chi connectivity index (χ3n) is 3.46. The standard InChI is InChI=1S/C18H27N3O4/c1-11(2)8-16(19-13(4)22)18(24)21-15-9-14(7-6-12(15)3)20-17(23)10-25-5/h6-7,9,11,16H,8,10H2,1-5H3,(H,19,22)(H,20,23)(H,21,24)/t16-/m1/s1. The van der Waals surface area contributed by atoms with Crippen LogP contribution >= 0.6 is 0 Å². The quantitative estimate of drug-likeness (QED) is 0.669. The molecule has 0 saturated heterocycles. The van der Waals surface area contributed by atoms with Gasteiger partial charge >= 0.3 is 0 Å². The van der Waals surface area contributed by atoms with Gasteiger partial charge in [-0.25, -0.2) is 0 Å². The largest absolute Gasteiger partial charge is 0.375 e. The van der Waals surface area contributed by atoms with Gasteiger partial charge in [0.1, 0.15) is 12.6 Å². The SMILES string of the molecule is COCC(=O)Nc1ccc(C)c(NC(=O)[C@@H](CC(C)C)NC(C)=O)c1. The van der Waals surface area contributed by atoms with Gasteiger partial charge in [0.05, 0.1) is 0 Å². The van der Waals surface area contributed by atoms with E-state index in [1.807, 2.05) is 20.8 Å². The summed E-state index contributed by atoms with van der Waals surface area (Å²) in [5.74, 6) is -0.562. The Balaban J connectivity index is 2.89. The minimum Gasteiger partial charge on any atom is -0.375 e. The van der Waals surface area contributed by atoms with Crippen molar-refractivity contribution in [2.75, 3.05) is 24.4 Å². The van der Waals surface area contributed by atoms with Crippen LogP contribution in [-0.4, -0.2) is 37.5 Å². The molecule has 7 nitrogen and oxygen atoms in total. The van der Waals surface area contributed by atoms with Crippen LogP contribution in [0.5, 0.6) is 0 Å². The molecule has 138 valence electrons. The van der Waals surface area contributed by atoms with Gasteiger partial charge in [0.25, 0.3) is 0 Å². The van der Waals surface area contributed by atoms with Crippen molar-refractivity contribution in [1.82, 2.24) is 5.32 Å². The third kappa shape index (κ3) is 7.34. The first kappa shape index (κ1) is 20.6. The summed E-state index contributed by atoms with van der Waals surface area (Å²) in [5, 5.41) is 8.20. The summed E-state index contributed by atoms with van der Waals surface area (Å²) in [6.07, 6.45) is 0.536. The average Bonchev–Trinajstić information content (AvgIpc) is 2.49. The summed E-state index contributed by atoms with van der Waals surface area (Å²) < 4.78 is 4.78. The van der Waals surface area contributed by atoms with E-state index in [4.69, 9.17) is 4.74 Å². The molecule has 7 heteroatoms. The van der Waals surface area contributed by atoms with Crippen molar-refractivity contribution in [2.45, 2.75) is 40.2 Å². The maximum absolute atomic E-state index is 12.5. The number of anilines is 2. The number of methoxy groups -OCH3 is 1. The van der Waals surface area contributed by atoms with Crippen LogP contribution < -0.4 is 16.0 Å². The second-order valence-corrected chi connectivity index (χ2v) is 6.38. The van der Waals surface area contributed by atoms with E-state index in [1.54, 1.807) is 18.2 Å². The summed E-state index contributed by atoms with van der Waals surface area (Å²) in [4.78, 5) is 35.5. The van der Waals surface area contributed by atoms with Crippen LogP contribution in [0.15, 0.2) is 18.2 Å². The molecule has 0 radical (unpaired) electrons. The lowest BCUT2D eigenvalue weighted by atomic mass is 10.0. The molecule has 3 amide bonds. The molecule has 1 rings (SSSR count). The van der Waals surface area contributed by atoms with Crippen molar-refractivity contribution in [3.05, 3.63) is 23.8 Å². The van der Waals surface area contributed by atoms with Crippen LogP contribution in [0.25, 0.3) is 0 Å².